The lowest BCUT2D eigenvalue weighted by atomic mass is 10.2. The molecule has 0 amide bonds. The summed E-state index contributed by atoms with van der Waals surface area (Å²) in [5.74, 6) is -2.08. The Hall–Kier alpha value is -3.35. The van der Waals surface area contributed by atoms with Crippen molar-refractivity contribution in [3.63, 3.8) is 0 Å². The standard InChI is InChI=1S/C20H10Cl3F3N4O5/c21-11-4-15(34-7-9(31)2-16(32)33)12(22)3-10(11)17-28-19(35-29-17)14-6-30-5-8(20(24,25)26)1-13(23)18(30)27-14/h1,3-6H,2,7H2,(H,32,33). The maximum absolute atomic E-state index is 13.0. The number of aromatic nitrogens is 4. The summed E-state index contributed by atoms with van der Waals surface area (Å²) in [5.41, 5.74) is -0.630. The van der Waals surface area contributed by atoms with Gasteiger partial charge in [0.25, 0.3) is 5.89 Å². The average Bonchev–Trinajstić information content (AvgIpc) is 3.40. The normalized spacial score (nSPS) is 11.7. The van der Waals surface area contributed by atoms with Crippen molar-refractivity contribution in [2.75, 3.05) is 6.61 Å². The van der Waals surface area contributed by atoms with Gasteiger partial charge in [0.1, 0.15) is 24.5 Å². The number of fused-ring (bicyclic) bond motifs is 1. The maximum atomic E-state index is 13.0. The number of aliphatic carboxylic acids is 1. The second-order valence-corrected chi connectivity index (χ2v) is 8.24. The molecule has 0 aliphatic heterocycles. The Labute approximate surface area is 208 Å². The Balaban J connectivity index is 1.60. The number of carboxylic acid groups (broad SMARTS) is 1. The maximum Gasteiger partial charge on any atom is 0.417 e. The number of imidazole rings is 1. The van der Waals surface area contributed by atoms with E-state index in [4.69, 9.17) is 49.2 Å². The smallest absolute Gasteiger partial charge is 0.417 e. The zero-order valence-corrected chi connectivity index (χ0v) is 19.2. The van der Waals surface area contributed by atoms with E-state index in [1.807, 2.05) is 0 Å². The molecular weight excluding hydrogens is 540 g/mol. The highest BCUT2D eigenvalue weighted by atomic mass is 35.5. The number of nitrogens with zero attached hydrogens (tertiary/aromatic N) is 4. The number of carboxylic acids is 1. The third-order valence-corrected chi connectivity index (χ3v) is 5.36. The largest absolute Gasteiger partial charge is 0.484 e. The van der Waals surface area contributed by atoms with E-state index in [2.05, 4.69) is 15.1 Å². The molecule has 0 saturated heterocycles. The molecule has 1 aromatic carbocycles. The Morgan fingerprint density at radius 2 is 1.80 bits per heavy atom. The first-order valence-electron chi connectivity index (χ1n) is 9.37. The second-order valence-electron chi connectivity index (χ2n) is 7.01. The van der Waals surface area contributed by atoms with E-state index in [1.54, 1.807) is 0 Å². The van der Waals surface area contributed by atoms with Crippen LogP contribution in [0.5, 0.6) is 5.75 Å². The average molecular weight is 550 g/mol. The molecule has 9 nitrogen and oxygen atoms in total. The van der Waals surface area contributed by atoms with Crippen LogP contribution in [0.15, 0.2) is 35.1 Å². The molecule has 182 valence electrons. The highest BCUT2D eigenvalue weighted by Gasteiger charge is 2.32. The number of carbonyl (C=O) groups is 2. The summed E-state index contributed by atoms with van der Waals surface area (Å²) >= 11 is 18.4. The van der Waals surface area contributed by atoms with E-state index in [0.29, 0.717) is 0 Å². The fourth-order valence-corrected chi connectivity index (χ4v) is 3.65. The Morgan fingerprint density at radius 1 is 1.06 bits per heavy atom. The minimum Gasteiger partial charge on any atom is -0.484 e. The number of benzene rings is 1. The van der Waals surface area contributed by atoms with Crippen LogP contribution in [0.1, 0.15) is 12.0 Å². The molecule has 1 N–H and O–H groups in total. The fraction of sp³-hybridized carbons (Fsp3) is 0.150. The lowest BCUT2D eigenvalue weighted by molar-refractivity contribution is -0.141. The van der Waals surface area contributed by atoms with E-state index in [9.17, 15) is 22.8 Å². The number of ether oxygens (including phenoxy) is 1. The first kappa shape index (κ1) is 24.8. The molecule has 15 heteroatoms. The molecular formula is C20H10Cl3F3N4O5. The molecule has 3 heterocycles. The molecule has 0 atom stereocenters. The summed E-state index contributed by atoms with van der Waals surface area (Å²) in [4.78, 5) is 30.4. The SMILES string of the molecule is O=C(O)CC(=O)COc1cc(Cl)c(-c2noc(-c3cn4cc(C(F)(F)F)cc(Cl)c4n3)n2)cc1Cl. The van der Waals surface area contributed by atoms with Crippen molar-refractivity contribution >= 4 is 52.2 Å². The van der Waals surface area contributed by atoms with Crippen LogP contribution in [0.4, 0.5) is 13.2 Å². The van der Waals surface area contributed by atoms with Crippen molar-refractivity contribution in [3.05, 3.63) is 51.2 Å². The predicted molar refractivity (Wildman–Crippen MR) is 117 cm³/mol. The molecule has 4 aromatic rings. The molecule has 0 aliphatic carbocycles. The molecule has 35 heavy (non-hydrogen) atoms. The van der Waals surface area contributed by atoms with Crippen LogP contribution < -0.4 is 4.74 Å². The van der Waals surface area contributed by atoms with Gasteiger partial charge in [-0.3, -0.25) is 9.59 Å². The molecule has 0 saturated carbocycles. The molecule has 0 aliphatic rings. The number of ketones is 1. The fourth-order valence-electron chi connectivity index (χ4n) is 2.94. The van der Waals surface area contributed by atoms with E-state index in [1.165, 1.54) is 18.3 Å². The van der Waals surface area contributed by atoms with Crippen LogP contribution in [0.25, 0.3) is 28.6 Å². The minimum absolute atomic E-state index is 0.0143. The highest BCUT2D eigenvalue weighted by Crippen LogP contribution is 2.37. The van der Waals surface area contributed by atoms with E-state index in [-0.39, 0.29) is 49.4 Å². The monoisotopic (exact) mass is 548 g/mol. The zero-order valence-electron chi connectivity index (χ0n) is 16.9. The quantitative estimate of drug-likeness (QED) is 0.302. The summed E-state index contributed by atoms with van der Waals surface area (Å²) < 4.78 is 50.6. The van der Waals surface area contributed by atoms with Crippen molar-refractivity contribution in [2.24, 2.45) is 0 Å². The number of halogens is 6. The van der Waals surface area contributed by atoms with Crippen molar-refractivity contribution in [3.8, 4) is 28.7 Å². The van der Waals surface area contributed by atoms with Crippen LogP contribution in [0, 0.1) is 0 Å². The number of Topliss-reactive ketones (excluding diaryl/α,β-unsaturated/α-hetero) is 1. The lowest BCUT2D eigenvalue weighted by Crippen LogP contribution is -2.15. The van der Waals surface area contributed by atoms with Crippen molar-refractivity contribution in [1.29, 1.82) is 0 Å². The molecule has 0 bridgehead atoms. The van der Waals surface area contributed by atoms with Gasteiger partial charge in [0.2, 0.25) is 5.82 Å². The van der Waals surface area contributed by atoms with Gasteiger partial charge in [-0.1, -0.05) is 40.0 Å². The summed E-state index contributed by atoms with van der Waals surface area (Å²) in [6.45, 7) is -0.527. The predicted octanol–water partition coefficient (Wildman–Crippen LogP) is 5.45. The van der Waals surface area contributed by atoms with Gasteiger partial charge in [0.05, 0.1) is 20.6 Å². The summed E-state index contributed by atoms with van der Waals surface area (Å²) in [7, 11) is 0. The Kier molecular flexibility index (Phi) is 6.62. The third kappa shape index (κ3) is 5.34. The van der Waals surface area contributed by atoms with Gasteiger partial charge in [-0.05, 0) is 12.1 Å². The topological polar surface area (TPSA) is 120 Å². The van der Waals surface area contributed by atoms with Gasteiger partial charge < -0.3 is 18.8 Å². The first-order valence-corrected chi connectivity index (χ1v) is 10.5. The van der Waals surface area contributed by atoms with Crippen LogP contribution in [0.2, 0.25) is 15.1 Å². The molecule has 0 unspecified atom stereocenters. The van der Waals surface area contributed by atoms with Gasteiger partial charge >= 0.3 is 12.1 Å². The number of carbonyl (C=O) groups excluding carboxylic acids is 1. The van der Waals surface area contributed by atoms with Gasteiger partial charge in [0, 0.05) is 24.0 Å². The zero-order chi connectivity index (χ0) is 25.5. The minimum atomic E-state index is -4.60. The van der Waals surface area contributed by atoms with E-state index < -0.39 is 36.5 Å². The Morgan fingerprint density at radius 3 is 2.49 bits per heavy atom. The molecule has 4 rings (SSSR count). The second kappa shape index (κ2) is 9.36. The first-order chi connectivity index (χ1) is 16.4. The van der Waals surface area contributed by atoms with Gasteiger partial charge in [0.15, 0.2) is 11.4 Å². The summed E-state index contributed by atoms with van der Waals surface area (Å²) in [6.07, 6.45) is -3.24. The molecule has 0 radical (unpaired) electrons. The third-order valence-electron chi connectivity index (χ3n) is 4.48. The lowest BCUT2D eigenvalue weighted by Gasteiger charge is -2.09. The number of pyridine rings is 1. The van der Waals surface area contributed by atoms with E-state index >= 15 is 0 Å². The summed E-state index contributed by atoms with van der Waals surface area (Å²) in [6, 6.07) is 3.38. The van der Waals surface area contributed by atoms with Crippen molar-refractivity contribution < 1.29 is 37.1 Å². The van der Waals surface area contributed by atoms with E-state index in [0.717, 1.165) is 16.7 Å². The van der Waals surface area contributed by atoms with Crippen LogP contribution in [0.3, 0.4) is 0 Å². The summed E-state index contributed by atoms with van der Waals surface area (Å²) in [5, 5.41) is 12.3. The number of hydrogen-bond donors (Lipinski definition) is 1. The van der Waals surface area contributed by atoms with Gasteiger partial charge in [-0.25, -0.2) is 4.98 Å². The molecule has 0 fully saturated rings. The van der Waals surface area contributed by atoms with Gasteiger partial charge in [-0.15, -0.1) is 0 Å². The number of rotatable bonds is 7. The number of alkyl halides is 3. The molecule has 3 aromatic heterocycles. The van der Waals surface area contributed by atoms with Crippen molar-refractivity contribution in [2.45, 2.75) is 12.6 Å². The van der Waals surface area contributed by atoms with Crippen LogP contribution in [-0.2, 0) is 15.8 Å². The highest BCUT2D eigenvalue weighted by molar-refractivity contribution is 6.36. The van der Waals surface area contributed by atoms with Crippen molar-refractivity contribution in [1.82, 2.24) is 19.5 Å². The van der Waals surface area contributed by atoms with Crippen LogP contribution in [-0.4, -0.2) is 43.0 Å². The molecule has 0 spiro atoms. The van der Waals surface area contributed by atoms with Crippen LogP contribution >= 0.6 is 34.8 Å². The Bertz CT molecular complexity index is 1470. The number of hydrogen-bond acceptors (Lipinski definition) is 7. The van der Waals surface area contributed by atoms with Gasteiger partial charge in [-0.2, -0.15) is 18.2 Å².